The molecule has 0 aliphatic carbocycles. The number of ether oxygens (including phenoxy) is 1. The van der Waals surface area contributed by atoms with Crippen LogP contribution in [0.5, 0.6) is 0 Å². The van der Waals surface area contributed by atoms with Gasteiger partial charge in [0.05, 0.1) is 29.6 Å². The molecule has 0 saturated heterocycles. The third kappa shape index (κ3) is 3.36. The van der Waals surface area contributed by atoms with Crippen LogP contribution < -0.4 is 5.73 Å². The molecule has 2 aromatic heterocycles. The summed E-state index contributed by atoms with van der Waals surface area (Å²) < 4.78 is 4.70. The molecule has 2 rings (SSSR count). The molecule has 0 atom stereocenters. The second-order valence-corrected chi connectivity index (χ2v) is 4.98. The van der Waals surface area contributed by atoms with Gasteiger partial charge in [0.1, 0.15) is 10.1 Å². The molecule has 0 bridgehead atoms. The zero-order valence-electron chi connectivity index (χ0n) is 9.96. The first kappa shape index (κ1) is 13.6. The Morgan fingerprint density at radius 2 is 2.16 bits per heavy atom. The number of halogens is 1. The maximum Gasteiger partial charge on any atom is 0.340 e. The summed E-state index contributed by atoms with van der Waals surface area (Å²) in [5, 5.41) is 1.70. The zero-order valence-corrected chi connectivity index (χ0v) is 11.5. The second-order valence-electron chi connectivity index (χ2n) is 3.53. The van der Waals surface area contributed by atoms with Gasteiger partial charge in [-0.15, -0.1) is 0 Å². The fourth-order valence-electron chi connectivity index (χ4n) is 1.33. The van der Waals surface area contributed by atoms with Crippen LogP contribution in [-0.2, 0) is 4.74 Å². The molecular weight excluding hydrogens is 286 g/mol. The van der Waals surface area contributed by atoms with Gasteiger partial charge in [0.15, 0.2) is 0 Å². The number of rotatable bonds is 3. The Bertz CT molecular complexity index is 604. The highest BCUT2D eigenvalue weighted by atomic mass is 35.5. The number of pyridine rings is 2. The smallest absolute Gasteiger partial charge is 0.340 e. The summed E-state index contributed by atoms with van der Waals surface area (Å²) in [6.07, 6.45) is 3.00. The van der Waals surface area contributed by atoms with Crippen molar-refractivity contribution in [2.75, 3.05) is 12.8 Å². The van der Waals surface area contributed by atoms with E-state index in [1.165, 1.54) is 37.3 Å². The number of hydrogen-bond donors (Lipinski definition) is 1. The van der Waals surface area contributed by atoms with Crippen molar-refractivity contribution in [3.8, 4) is 0 Å². The fourth-order valence-corrected chi connectivity index (χ4v) is 2.24. The molecule has 0 radical (unpaired) electrons. The topological polar surface area (TPSA) is 78.1 Å². The van der Waals surface area contributed by atoms with Crippen LogP contribution in [0.2, 0.25) is 5.02 Å². The number of carbonyl (C=O) groups excluding carboxylic acids is 1. The number of anilines is 1. The molecule has 0 amide bonds. The number of nitrogens with two attached hydrogens (primary N) is 1. The van der Waals surface area contributed by atoms with Gasteiger partial charge in [0.25, 0.3) is 0 Å². The normalized spacial score (nSPS) is 10.2. The Labute approximate surface area is 119 Å². The Morgan fingerprint density at radius 1 is 1.37 bits per heavy atom. The first-order chi connectivity index (χ1) is 9.10. The van der Waals surface area contributed by atoms with E-state index >= 15 is 0 Å². The van der Waals surface area contributed by atoms with Gasteiger partial charge in [0, 0.05) is 6.20 Å². The molecule has 2 aromatic rings. The van der Waals surface area contributed by atoms with Gasteiger partial charge in [0.2, 0.25) is 0 Å². The number of aromatic nitrogens is 2. The van der Waals surface area contributed by atoms with Gasteiger partial charge in [-0.25, -0.2) is 14.8 Å². The van der Waals surface area contributed by atoms with Gasteiger partial charge in [-0.2, -0.15) is 0 Å². The summed E-state index contributed by atoms with van der Waals surface area (Å²) >= 11 is 7.00. The van der Waals surface area contributed by atoms with E-state index in [9.17, 15) is 4.79 Å². The average Bonchev–Trinajstić information content (AvgIpc) is 2.42. The fraction of sp³-hybridized carbons (Fsp3) is 0.0833. The molecule has 7 heteroatoms. The van der Waals surface area contributed by atoms with Crippen molar-refractivity contribution < 1.29 is 9.53 Å². The number of esters is 1. The first-order valence-electron chi connectivity index (χ1n) is 5.23. The highest BCUT2D eigenvalue weighted by molar-refractivity contribution is 7.99. The molecule has 0 fully saturated rings. The van der Waals surface area contributed by atoms with Gasteiger partial charge in [-0.3, -0.25) is 0 Å². The van der Waals surface area contributed by atoms with Crippen LogP contribution in [0.1, 0.15) is 10.4 Å². The van der Waals surface area contributed by atoms with E-state index in [0.29, 0.717) is 26.3 Å². The molecule has 0 aliphatic heterocycles. The minimum absolute atomic E-state index is 0.309. The van der Waals surface area contributed by atoms with Crippen molar-refractivity contribution in [3.63, 3.8) is 0 Å². The monoisotopic (exact) mass is 295 g/mol. The lowest BCUT2D eigenvalue weighted by atomic mass is 10.3. The molecule has 2 N–H and O–H groups in total. The minimum atomic E-state index is -0.490. The average molecular weight is 296 g/mol. The number of hydrogen-bond acceptors (Lipinski definition) is 6. The Balaban J connectivity index is 2.34. The van der Waals surface area contributed by atoms with Crippen molar-refractivity contribution in [1.29, 1.82) is 0 Å². The van der Waals surface area contributed by atoms with Crippen LogP contribution >= 0.6 is 23.4 Å². The van der Waals surface area contributed by atoms with Gasteiger partial charge in [-0.1, -0.05) is 11.6 Å². The SMILES string of the molecule is COC(=O)c1cc(N)cnc1Sc1ccc(Cl)cn1. The molecule has 2 heterocycles. The molecule has 0 spiro atoms. The van der Waals surface area contributed by atoms with Crippen molar-refractivity contribution in [3.05, 3.63) is 41.2 Å². The highest BCUT2D eigenvalue weighted by Crippen LogP contribution is 2.29. The Morgan fingerprint density at radius 3 is 2.79 bits per heavy atom. The Kier molecular flexibility index (Phi) is 4.24. The molecular formula is C12H10ClN3O2S. The number of methoxy groups -OCH3 is 1. The Hall–Kier alpha value is -1.79. The molecule has 19 heavy (non-hydrogen) atoms. The van der Waals surface area contributed by atoms with Crippen LogP contribution in [-0.4, -0.2) is 23.0 Å². The van der Waals surface area contributed by atoms with Crippen LogP contribution in [0.4, 0.5) is 5.69 Å². The molecule has 0 aliphatic rings. The van der Waals surface area contributed by atoms with E-state index < -0.39 is 5.97 Å². The van der Waals surface area contributed by atoms with E-state index in [4.69, 9.17) is 22.1 Å². The van der Waals surface area contributed by atoms with Crippen LogP contribution in [0, 0.1) is 0 Å². The summed E-state index contributed by atoms with van der Waals surface area (Å²) in [7, 11) is 1.31. The molecule has 0 aromatic carbocycles. The predicted molar refractivity (Wildman–Crippen MR) is 73.4 cm³/mol. The zero-order chi connectivity index (χ0) is 13.8. The standard InChI is InChI=1S/C12H10ClN3O2S/c1-18-12(17)9-4-8(14)6-16-11(9)19-10-3-2-7(13)5-15-10/h2-6H,14H2,1H3. The summed E-state index contributed by atoms with van der Waals surface area (Å²) in [6, 6.07) is 4.98. The maximum absolute atomic E-state index is 11.7. The highest BCUT2D eigenvalue weighted by Gasteiger charge is 2.15. The van der Waals surface area contributed by atoms with Crippen molar-refractivity contribution in [2.45, 2.75) is 10.1 Å². The predicted octanol–water partition coefficient (Wildman–Crippen LogP) is 2.65. The van der Waals surface area contributed by atoms with E-state index in [0.717, 1.165) is 0 Å². The second kappa shape index (κ2) is 5.90. The quantitative estimate of drug-likeness (QED) is 0.877. The summed E-state index contributed by atoms with van der Waals surface area (Å²) in [6.45, 7) is 0. The molecule has 98 valence electrons. The van der Waals surface area contributed by atoms with Crippen LogP contribution in [0.3, 0.4) is 0 Å². The van der Waals surface area contributed by atoms with Crippen molar-refractivity contribution in [1.82, 2.24) is 9.97 Å². The van der Waals surface area contributed by atoms with Crippen LogP contribution in [0.15, 0.2) is 40.6 Å². The van der Waals surface area contributed by atoms with Crippen molar-refractivity contribution in [2.24, 2.45) is 0 Å². The van der Waals surface area contributed by atoms with E-state index in [1.807, 2.05) is 0 Å². The van der Waals surface area contributed by atoms with E-state index in [-0.39, 0.29) is 0 Å². The summed E-state index contributed by atoms with van der Waals surface area (Å²) in [5.74, 6) is -0.490. The largest absolute Gasteiger partial charge is 0.465 e. The van der Waals surface area contributed by atoms with Gasteiger partial charge >= 0.3 is 5.97 Å². The summed E-state index contributed by atoms with van der Waals surface area (Å²) in [5.41, 5.74) is 6.33. The minimum Gasteiger partial charge on any atom is -0.465 e. The summed E-state index contributed by atoms with van der Waals surface area (Å²) in [4.78, 5) is 19.9. The number of carbonyl (C=O) groups is 1. The molecule has 0 saturated carbocycles. The van der Waals surface area contributed by atoms with Crippen molar-refractivity contribution >= 4 is 35.0 Å². The number of nitrogens with zero attached hydrogens (tertiary/aromatic N) is 2. The van der Waals surface area contributed by atoms with Gasteiger partial charge in [-0.05, 0) is 30.0 Å². The van der Waals surface area contributed by atoms with Gasteiger partial charge < -0.3 is 10.5 Å². The lowest BCUT2D eigenvalue weighted by Crippen LogP contribution is -2.05. The van der Waals surface area contributed by atoms with E-state index in [2.05, 4.69) is 9.97 Å². The number of nitrogen functional groups attached to an aromatic ring is 1. The third-order valence-electron chi connectivity index (χ3n) is 2.18. The lowest BCUT2D eigenvalue weighted by molar-refractivity contribution is 0.0596. The maximum atomic E-state index is 11.7. The lowest BCUT2D eigenvalue weighted by Gasteiger charge is -2.07. The van der Waals surface area contributed by atoms with Crippen LogP contribution in [0.25, 0.3) is 0 Å². The third-order valence-corrected chi connectivity index (χ3v) is 3.37. The molecule has 0 unspecified atom stereocenters. The first-order valence-corrected chi connectivity index (χ1v) is 6.43. The van der Waals surface area contributed by atoms with E-state index in [1.54, 1.807) is 12.1 Å². The molecule has 5 nitrogen and oxygen atoms in total.